The number of carbonyl (C=O) groups excluding carboxylic acids is 1. The second-order valence-electron chi connectivity index (χ2n) is 2.47. The van der Waals surface area contributed by atoms with Crippen molar-refractivity contribution in [3.05, 3.63) is 24.3 Å². The molecule has 0 heterocycles. The summed E-state index contributed by atoms with van der Waals surface area (Å²) in [7, 11) is 1.63. The Labute approximate surface area is 74.4 Å². The maximum atomic E-state index is 10.7. The van der Waals surface area contributed by atoms with E-state index in [1.165, 1.54) is 0 Å². The van der Waals surface area contributed by atoms with Crippen molar-refractivity contribution in [2.75, 3.05) is 7.05 Å². The van der Waals surface area contributed by atoms with E-state index in [-0.39, 0.29) is 5.91 Å². The van der Waals surface area contributed by atoms with E-state index in [0.29, 0.717) is 0 Å². The topological polar surface area (TPSA) is 29.1 Å². The Morgan fingerprint density at radius 2 is 1.92 bits per heavy atom. The Balaban J connectivity index is 3.36. The van der Waals surface area contributed by atoms with Crippen LogP contribution in [-0.4, -0.2) is 13.0 Å². The van der Waals surface area contributed by atoms with Crippen LogP contribution in [0.15, 0.2) is 24.3 Å². The van der Waals surface area contributed by atoms with E-state index in [1.807, 2.05) is 6.08 Å². The minimum atomic E-state index is -0.0329. The summed E-state index contributed by atoms with van der Waals surface area (Å²) in [5.74, 6) is -0.0329. The van der Waals surface area contributed by atoms with E-state index in [1.54, 1.807) is 13.1 Å². The molecule has 0 atom stereocenters. The molecule has 1 amide bonds. The first-order valence-electron chi connectivity index (χ1n) is 4.34. The summed E-state index contributed by atoms with van der Waals surface area (Å²) in [4.78, 5) is 10.7. The molecule has 0 unspecified atom stereocenters. The van der Waals surface area contributed by atoms with E-state index in [2.05, 4.69) is 24.4 Å². The SMILES string of the molecule is CC/C=C\CC/C=C/C(=O)NC. The predicted octanol–water partition coefficient (Wildman–Crippen LogP) is 2.04. The van der Waals surface area contributed by atoms with Gasteiger partial charge in [0.25, 0.3) is 0 Å². The minimum Gasteiger partial charge on any atom is -0.356 e. The van der Waals surface area contributed by atoms with Crippen LogP contribution >= 0.6 is 0 Å². The molecule has 0 radical (unpaired) electrons. The monoisotopic (exact) mass is 167 g/mol. The molecule has 0 fully saturated rings. The van der Waals surface area contributed by atoms with Gasteiger partial charge in [-0.3, -0.25) is 4.79 Å². The van der Waals surface area contributed by atoms with Crippen LogP contribution in [0.25, 0.3) is 0 Å². The molecule has 0 rings (SSSR count). The number of hydrogen-bond acceptors (Lipinski definition) is 1. The van der Waals surface area contributed by atoms with Crippen molar-refractivity contribution in [1.29, 1.82) is 0 Å². The van der Waals surface area contributed by atoms with Crippen molar-refractivity contribution in [3.8, 4) is 0 Å². The molecule has 68 valence electrons. The van der Waals surface area contributed by atoms with Gasteiger partial charge in [-0.05, 0) is 25.3 Å². The van der Waals surface area contributed by atoms with Crippen LogP contribution in [0.4, 0.5) is 0 Å². The van der Waals surface area contributed by atoms with E-state index < -0.39 is 0 Å². The van der Waals surface area contributed by atoms with E-state index in [9.17, 15) is 4.79 Å². The van der Waals surface area contributed by atoms with Gasteiger partial charge in [-0.25, -0.2) is 0 Å². The number of nitrogens with one attached hydrogen (secondary N) is 1. The zero-order valence-electron chi connectivity index (χ0n) is 7.84. The molecule has 0 aliphatic carbocycles. The summed E-state index contributed by atoms with van der Waals surface area (Å²) < 4.78 is 0. The Morgan fingerprint density at radius 1 is 1.25 bits per heavy atom. The lowest BCUT2D eigenvalue weighted by Crippen LogP contribution is -2.13. The zero-order valence-corrected chi connectivity index (χ0v) is 7.84. The molecule has 0 saturated carbocycles. The molecule has 0 spiro atoms. The first kappa shape index (κ1) is 11.0. The second kappa shape index (κ2) is 8.05. The number of carbonyl (C=O) groups is 1. The predicted molar refractivity (Wildman–Crippen MR) is 51.9 cm³/mol. The molecule has 0 aromatic carbocycles. The summed E-state index contributed by atoms with van der Waals surface area (Å²) in [6.45, 7) is 2.11. The zero-order chi connectivity index (χ0) is 9.23. The standard InChI is InChI=1S/C10H17NO/c1-3-4-5-6-7-8-9-10(12)11-2/h4-5,8-9H,3,6-7H2,1-2H3,(H,11,12)/b5-4-,9-8+. The van der Waals surface area contributed by atoms with Crippen molar-refractivity contribution in [2.45, 2.75) is 26.2 Å². The molecule has 0 saturated heterocycles. The quantitative estimate of drug-likeness (QED) is 0.379. The number of hydrogen-bond donors (Lipinski definition) is 1. The van der Waals surface area contributed by atoms with Crippen LogP contribution in [0.3, 0.4) is 0 Å². The van der Waals surface area contributed by atoms with Gasteiger partial charge in [-0.2, -0.15) is 0 Å². The first-order valence-corrected chi connectivity index (χ1v) is 4.34. The highest BCUT2D eigenvalue weighted by molar-refractivity contribution is 5.87. The molecular formula is C10H17NO. The average Bonchev–Trinajstić information content (AvgIpc) is 2.10. The highest BCUT2D eigenvalue weighted by Gasteiger charge is 1.85. The molecule has 1 N–H and O–H groups in total. The molecule has 2 nitrogen and oxygen atoms in total. The van der Waals surface area contributed by atoms with E-state index in [4.69, 9.17) is 0 Å². The normalized spacial score (nSPS) is 11.2. The van der Waals surface area contributed by atoms with Gasteiger partial charge in [-0.15, -0.1) is 0 Å². The van der Waals surface area contributed by atoms with Crippen molar-refractivity contribution >= 4 is 5.91 Å². The molecule has 0 bridgehead atoms. The fraction of sp³-hybridized carbons (Fsp3) is 0.500. The number of rotatable bonds is 5. The number of likely N-dealkylation sites (N-methyl/N-ethyl adjacent to an activating group) is 1. The lowest BCUT2D eigenvalue weighted by Gasteiger charge is -1.89. The third kappa shape index (κ3) is 7.06. The van der Waals surface area contributed by atoms with Crippen LogP contribution in [0.5, 0.6) is 0 Å². The van der Waals surface area contributed by atoms with Crippen molar-refractivity contribution in [2.24, 2.45) is 0 Å². The Kier molecular flexibility index (Phi) is 7.35. The average molecular weight is 167 g/mol. The van der Waals surface area contributed by atoms with Gasteiger partial charge >= 0.3 is 0 Å². The van der Waals surface area contributed by atoms with E-state index in [0.717, 1.165) is 19.3 Å². The third-order valence-corrected chi connectivity index (χ3v) is 1.42. The smallest absolute Gasteiger partial charge is 0.243 e. The minimum absolute atomic E-state index is 0.0329. The largest absolute Gasteiger partial charge is 0.356 e. The highest BCUT2D eigenvalue weighted by atomic mass is 16.1. The van der Waals surface area contributed by atoms with Gasteiger partial charge < -0.3 is 5.32 Å². The number of amides is 1. The second-order valence-corrected chi connectivity index (χ2v) is 2.47. The molecule has 0 aromatic heterocycles. The number of unbranched alkanes of at least 4 members (excludes halogenated alkanes) is 1. The maximum absolute atomic E-state index is 10.7. The lowest BCUT2D eigenvalue weighted by molar-refractivity contribution is -0.116. The van der Waals surface area contributed by atoms with E-state index >= 15 is 0 Å². The Hall–Kier alpha value is -1.05. The molecule has 2 heteroatoms. The molecular weight excluding hydrogens is 150 g/mol. The van der Waals surface area contributed by atoms with Gasteiger partial charge in [0.1, 0.15) is 0 Å². The van der Waals surface area contributed by atoms with Crippen molar-refractivity contribution < 1.29 is 4.79 Å². The van der Waals surface area contributed by atoms with Crippen LogP contribution in [0.2, 0.25) is 0 Å². The van der Waals surface area contributed by atoms with Crippen LogP contribution in [0.1, 0.15) is 26.2 Å². The fourth-order valence-electron chi connectivity index (χ4n) is 0.751. The highest BCUT2D eigenvalue weighted by Crippen LogP contribution is 1.93. The molecule has 0 aromatic rings. The van der Waals surface area contributed by atoms with Gasteiger partial charge in [-0.1, -0.05) is 25.2 Å². The summed E-state index contributed by atoms with van der Waals surface area (Å²) in [5, 5.41) is 2.52. The fourth-order valence-corrected chi connectivity index (χ4v) is 0.751. The van der Waals surface area contributed by atoms with Crippen molar-refractivity contribution in [1.82, 2.24) is 5.32 Å². The first-order chi connectivity index (χ1) is 5.81. The van der Waals surface area contributed by atoms with Crippen LogP contribution in [-0.2, 0) is 4.79 Å². The van der Waals surface area contributed by atoms with Gasteiger partial charge in [0.2, 0.25) is 5.91 Å². The Bertz CT molecular complexity index is 171. The van der Waals surface area contributed by atoms with Gasteiger partial charge in [0.15, 0.2) is 0 Å². The number of allylic oxidation sites excluding steroid dienone is 3. The molecule has 0 aliphatic heterocycles. The lowest BCUT2D eigenvalue weighted by atomic mass is 10.2. The molecule has 12 heavy (non-hydrogen) atoms. The summed E-state index contributed by atoms with van der Waals surface area (Å²) in [5.41, 5.74) is 0. The summed E-state index contributed by atoms with van der Waals surface area (Å²) in [6, 6.07) is 0. The molecule has 0 aliphatic rings. The third-order valence-electron chi connectivity index (χ3n) is 1.42. The van der Waals surface area contributed by atoms with Crippen LogP contribution < -0.4 is 5.32 Å². The van der Waals surface area contributed by atoms with Crippen LogP contribution in [0, 0.1) is 0 Å². The Morgan fingerprint density at radius 3 is 2.50 bits per heavy atom. The summed E-state index contributed by atoms with van der Waals surface area (Å²) >= 11 is 0. The van der Waals surface area contributed by atoms with Gasteiger partial charge in [0.05, 0.1) is 0 Å². The maximum Gasteiger partial charge on any atom is 0.243 e. The summed E-state index contributed by atoms with van der Waals surface area (Å²) in [6.07, 6.45) is 10.8. The van der Waals surface area contributed by atoms with Crippen molar-refractivity contribution in [3.63, 3.8) is 0 Å². The van der Waals surface area contributed by atoms with Gasteiger partial charge in [0, 0.05) is 7.05 Å².